The highest BCUT2D eigenvalue weighted by Crippen LogP contribution is 1.81. The van der Waals surface area contributed by atoms with E-state index in [9.17, 15) is 4.79 Å². The second-order valence-corrected chi connectivity index (χ2v) is 1.78. The monoisotopic (exact) mass is 162 g/mol. The van der Waals surface area contributed by atoms with Gasteiger partial charge in [-0.25, -0.2) is 10.3 Å². The fraction of sp³-hybridized carbons (Fsp3) is 0.500. The van der Waals surface area contributed by atoms with E-state index in [0.717, 1.165) is 0 Å². The molecule has 5 nitrogen and oxygen atoms in total. The molecule has 0 aliphatic heterocycles. The first kappa shape index (κ1) is 12.7. The summed E-state index contributed by atoms with van der Waals surface area (Å²) in [5.74, 6) is -0.935. The molecule has 5 heteroatoms. The Labute approximate surface area is 65.5 Å². The van der Waals surface area contributed by atoms with Gasteiger partial charge in [0.05, 0.1) is 0 Å². The Morgan fingerprint density at radius 3 is 2.09 bits per heavy atom. The van der Waals surface area contributed by atoms with E-state index in [4.69, 9.17) is 16.0 Å². The van der Waals surface area contributed by atoms with Gasteiger partial charge < -0.3 is 16.0 Å². The molecular formula is C6H14N2O3. The molecule has 0 amide bonds. The molecular weight excluding hydrogens is 148 g/mol. The lowest BCUT2D eigenvalue weighted by Crippen LogP contribution is -2.17. The number of nitrogens with two attached hydrogens (primary N) is 1. The summed E-state index contributed by atoms with van der Waals surface area (Å²) in [6.45, 7) is 5.56. The van der Waals surface area contributed by atoms with Crippen molar-refractivity contribution in [2.45, 2.75) is 6.92 Å². The topological polar surface area (TPSA) is 95.6 Å². The molecule has 66 valence electrons. The van der Waals surface area contributed by atoms with Crippen LogP contribution in [-0.2, 0) is 4.79 Å². The third-order valence-electron chi connectivity index (χ3n) is 0.621. The Morgan fingerprint density at radius 1 is 1.73 bits per heavy atom. The summed E-state index contributed by atoms with van der Waals surface area (Å²) in [4.78, 5) is 9.60. The summed E-state index contributed by atoms with van der Waals surface area (Å²) in [7, 11) is 0. The van der Waals surface area contributed by atoms with Crippen LogP contribution < -0.4 is 11.2 Å². The number of carboxylic acids is 1. The molecule has 11 heavy (non-hydrogen) atoms. The largest absolute Gasteiger partial charge is 0.478 e. The van der Waals surface area contributed by atoms with Crippen molar-refractivity contribution in [2.24, 2.45) is 5.73 Å². The Balaban J connectivity index is 0. The van der Waals surface area contributed by atoms with E-state index in [1.165, 1.54) is 6.92 Å². The summed E-state index contributed by atoms with van der Waals surface area (Å²) in [6.07, 6.45) is 0. The summed E-state index contributed by atoms with van der Waals surface area (Å²) >= 11 is 0. The average molecular weight is 162 g/mol. The van der Waals surface area contributed by atoms with Crippen LogP contribution in [0.4, 0.5) is 0 Å². The molecule has 0 aromatic rings. The predicted octanol–water partition coefficient (Wildman–Crippen LogP) is -0.429. The summed E-state index contributed by atoms with van der Waals surface area (Å²) in [6, 6.07) is 0. The van der Waals surface area contributed by atoms with Crippen molar-refractivity contribution in [3.63, 3.8) is 0 Å². The molecule has 0 radical (unpaired) electrons. The van der Waals surface area contributed by atoms with Gasteiger partial charge >= 0.3 is 5.97 Å². The number of carbonyl (C=O) groups is 1. The zero-order chi connectivity index (χ0) is 9.28. The van der Waals surface area contributed by atoms with Gasteiger partial charge in [0.2, 0.25) is 0 Å². The van der Waals surface area contributed by atoms with Crippen LogP contribution >= 0.6 is 0 Å². The molecule has 0 unspecified atom stereocenters. The maximum Gasteiger partial charge on any atom is 0.330 e. The summed E-state index contributed by atoms with van der Waals surface area (Å²) in [5.41, 5.74) is 6.98. The van der Waals surface area contributed by atoms with E-state index in [-0.39, 0.29) is 5.57 Å². The maximum atomic E-state index is 9.60. The smallest absolute Gasteiger partial charge is 0.330 e. The van der Waals surface area contributed by atoms with E-state index in [0.29, 0.717) is 13.1 Å². The van der Waals surface area contributed by atoms with Crippen molar-refractivity contribution in [2.75, 3.05) is 13.1 Å². The van der Waals surface area contributed by atoms with Gasteiger partial charge in [0.15, 0.2) is 0 Å². The molecule has 0 bridgehead atoms. The normalized spacial score (nSPS) is 7.91. The second-order valence-electron chi connectivity index (χ2n) is 1.78. The first-order valence-electron chi connectivity index (χ1n) is 3.02. The van der Waals surface area contributed by atoms with Crippen LogP contribution in [0.1, 0.15) is 6.92 Å². The molecule has 0 saturated heterocycles. The number of hydrogen-bond acceptors (Lipinski definition) is 4. The van der Waals surface area contributed by atoms with E-state index in [1.807, 2.05) is 5.48 Å². The Morgan fingerprint density at radius 2 is 2.09 bits per heavy atom. The quantitative estimate of drug-likeness (QED) is 0.333. The van der Waals surface area contributed by atoms with Crippen LogP contribution in [0.25, 0.3) is 0 Å². The SMILES string of the molecule is C=C(C)C(=O)O.NCCNO. The van der Waals surface area contributed by atoms with Gasteiger partial charge in [-0.05, 0) is 6.92 Å². The van der Waals surface area contributed by atoms with Gasteiger partial charge in [-0.3, -0.25) is 0 Å². The number of hydrogen-bond donors (Lipinski definition) is 4. The van der Waals surface area contributed by atoms with Gasteiger partial charge in [-0.2, -0.15) is 0 Å². The lowest BCUT2D eigenvalue weighted by Gasteiger charge is -1.84. The molecule has 5 N–H and O–H groups in total. The first-order valence-corrected chi connectivity index (χ1v) is 3.02. The van der Waals surface area contributed by atoms with E-state index in [2.05, 4.69) is 6.58 Å². The minimum absolute atomic E-state index is 0.176. The van der Waals surface area contributed by atoms with Crippen molar-refractivity contribution in [1.29, 1.82) is 0 Å². The number of hydroxylamine groups is 1. The van der Waals surface area contributed by atoms with Crippen LogP contribution in [0.2, 0.25) is 0 Å². The van der Waals surface area contributed by atoms with Crippen molar-refractivity contribution < 1.29 is 15.1 Å². The third kappa shape index (κ3) is 17.6. The van der Waals surface area contributed by atoms with Gasteiger partial charge in [0.25, 0.3) is 0 Å². The first-order chi connectivity index (χ1) is 5.06. The molecule has 0 saturated carbocycles. The predicted molar refractivity (Wildman–Crippen MR) is 41.3 cm³/mol. The molecule has 0 aliphatic carbocycles. The molecule has 0 aliphatic rings. The molecule has 0 spiro atoms. The Kier molecular flexibility index (Phi) is 10.5. The zero-order valence-electron chi connectivity index (χ0n) is 6.50. The number of rotatable bonds is 3. The van der Waals surface area contributed by atoms with Crippen LogP contribution in [0, 0.1) is 0 Å². The molecule has 0 fully saturated rings. The summed E-state index contributed by atoms with van der Waals surface area (Å²) in [5, 5.41) is 15.6. The number of aliphatic carboxylic acids is 1. The van der Waals surface area contributed by atoms with Crippen molar-refractivity contribution in [1.82, 2.24) is 5.48 Å². The van der Waals surface area contributed by atoms with Gasteiger partial charge in [0, 0.05) is 18.7 Å². The summed E-state index contributed by atoms with van der Waals surface area (Å²) < 4.78 is 0. The molecule has 0 aromatic carbocycles. The maximum absolute atomic E-state index is 9.60. The fourth-order valence-electron chi connectivity index (χ4n) is 0.0645. The van der Waals surface area contributed by atoms with Crippen LogP contribution in [0.3, 0.4) is 0 Å². The Hall–Kier alpha value is -0.910. The second kappa shape index (κ2) is 9.09. The minimum Gasteiger partial charge on any atom is -0.478 e. The highest BCUT2D eigenvalue weighted by Gasteiger charge is 1.90. The Bertz CT molecular complexity index is 111. The average Bonchev–Trinajstić information content (AvgIpc) is 1.90. The lowest BCUT2D eigenvalue weighted by molar-refractivity contribution is -0.132. The zero-order valence-corrected chi connectivity index (χ0v) is 6.50. The third-order valence-corrected chi connectivity index (χ3v) is 0.621. The molecule has 0 atom stereocenters. The number of nitrogens with one attached hydrogen (secondary N) is 1. The van der Waals surface area contributed by atoms with Crippen LogP contribution in [0.5, 0.6) is 0 Å². The highest BCUT2D eigenvalue weighted by atomic mass is 16.5. The van der Waals surface area contributed by atoms with Crippen molar-refractivity contribution in [3.8, 4) is 0 Å². The molecule has 0 rings (SSSR count). The van der Waals surface area contributed by atoms with E-state index >= 15 is 0 Å². The van der Waals surface area contributed by atoms with Crippen LogP contribution in [-0.4, -0.2) is 29.4 Å². The van der Waals surface area contributed by atoms with Crippen molar-refractivity contribution in [3.05, 3.63) is 12.2 Å². The standard InChI is InChI=1S/C4H6O2.C2H8N2O/c1-3(2)4(5)6;3-1-2-4-5/h1H2,2H3,(H,5,6);4-5H,1-3H2. The number of carboxylic acid groups (broad SMARTS) is 1. The van der Waals surface area contributed by atoms with E-state index < -0.39 is 5.97 Å². The molecule has 0 heterocycles. The van der Waals surface area contributed by atoms with E-state index in [1.54, 1.807) is 0 Å². The van der Waals surface area contributed by atoms with Gasteiger partial charge in [0.1, 0.15) is 0 Å². The van der Waals surface area contributed by atoms with Crippen molar-refractivity contribution >= 4 is 5.97 Å². The van der Waals surface area contributed by atoms with Gasteiger partial charge in [-0.15, -0.1) is 0 Å². The van der Waals surface area contributed by atoms with Crippen LogP contribution in [0.15, 0.2) is 12.2 Å². The van der Waals surface area contributed by atoms with Gasteiger partial charge in [-0.1, -0.05) is 6.58 Å². The molecule has 0 aromatic heterocycles. The fourth-order valence-corrected chi connectivity index (χ4v) is 0.0645. The minimum atomic E-state index is -0.935. The highest BCUT2D eigenvalue weighted by molar-refractivity contribution is 5.84. The lowest BCUT2D eigenvalue weighted by atomic mass is 10.4.